The monoisotopic (exact) mass is 714 g/mol. The average Bonchev–Trinajstić information content (AvgIpc) is 3.80. The molecule has 0 amide bonds. The lowest BCUT2D eigenvalue weighted by molar-refractivity contribution is 0.669. The molecule has 2 aromatic heterocycles. The number of nitrogens with zero attached hydrogens (tertiary/aromatic N) is 2. The molecule has 10 rings (SSSR count). The maximum Gasteiger partial charge on any atom is 0.155 e. The van der Waals surface area contributed by atoms with Gasteiger partial charge >= 0.3 is 0 Å². The summed E-state index contributed by atoms with van der Waals surface area (Å²) >= 11 is 1.93. The van der Waals surface area contributed by atoms with Crippen molar-refractivity contribution in [1.29, 1.82) is 0 Å². The predicted molar refractivity (Wildman–Crippen MR) is 230 cm³/mol. The number of rotatable bonds is 5. The Hall–Kier alpha value is -6.10. The summed E-state index contributed by atoms with van der Waals surface area (Å²) in [4.78, 5) is 12.1. The summed E-state index contributed by atoms with van der Waals surface area (Å²) in [5, 5.41) is 3.41. The lowest BCUT2D eigenvalue weighted by Crippen LogP contribution is -2.21. The molecule has 0 bridgehead atoms. The minimum absolute atomic E-state index is 0.0703. The fourth-order valence-electron chi connectivity index (χ4n) is 8.46. The predicted octanol–water partition coefficient (Wildman–Crippen LogP) is 13.1. The van der Waals surface area contributed by atoms with Gasteiger partial charge in [-0.25, -0.2) is 4.99 Å². The maximum atomic E-state index is 6.61. The minimum Gasteiger partial charge on any atom is -0.456 e. The van der Waals surface area contributed by atoms with E-state index in [9.17, 15) is 0 Å². The number of fused-ring (bicyclic) bond motifs is 7. The summed E-state index contributed by atoms with van der Waals surface area (Å²) in [5.74, 6) is 1.30. The number of thiophene rings is 1. The first kappa shape index (κ1) is 32.5. The van der Waals surface area contributed by atoms with E-state index in [1.54, 1.807) is 0 Å². The van der Waals surface area contributed by atoms with Crippen molar-refractivity contribution in [3.05, 3.63) is 178 Å². The Bertz CT molecular complexity index is 2870. The lowest BCUT2D eigenvalue weighted by atomic mass is 9.82. The molecule has 3 nitrogen and oxygen atoms in total. The smallest absolute Gasteiger partial charge is 0.155 e. The highest BCUT2D eigenvalue weighted by Crippen LogP contribution is 2.42. The van der Waals surface area contributed by atoms with Crippen molar-refractivity contribution in [2.24, 2.45) is 21.8 Å². The molecule has 0 fully saturated rings. The van der Waals surface area contributed by atoms with Crippen molar-refractivity contribution in [3.8, 4) is 22.3 Å². The van der Waals surface area contributed by atoms with Crippen molar-refractivity contribution in [1.82, 2.24) is 0 Å². The third-order valence-electron chi connectivity index (χ3n) is 11.0. The summed E-state index contributed by atoms with van der Waals surface area (Å²) in [6, 6.07) is 47.5. The van der Waals surface area contributed by atoms with Crippen molar-refractivity contribution in [3.63, 3.8) is 0 Å². The summed E-state index contributed by atoms with van der Waals surface area (Å²) in [5.41, 5.74) is 13.5. The van der Waals surface area contributed by atoms with Gasteiger partial charge in [-0.1, -0.05) is 140 Å². The fraction of sp³-hybridized carbons (Fsp3) is 0.120. The van der Waals surface area contributed by atoms with Crippen LogP contribution in [-0.4, -0.2) is 18.6 Å². The first-order valence-electron chi connectivity index (χ1n) is 18.8. The normalized spacial score (nSPS) is 17.0. The molecule has 8 aromatic rings. The maximum absolute atomic E-state index is 6.61. The van der Waals surface area contributed by atoms with Gasteiger partial charge in [0.1, 0.15) is 11.2 Å². The molecular weight excluding hydrogens is 677 g/mol. The van der Waals surface area contributed by atoms with E-state index in [1.165, 1.54) is 48.3 Å². The van der Waals surface area contributed by atoms with Gasteiger partial charge < -0.3 is 4.42 Å². The summed E-state index contributed by atoms with van der Waals surface area (Å²) < 4.78 is 7.92. The molecule has 0 radical (unpaired) electrons. The summed E-state index contributed by atoms with van der Waals surface area (Å²) in [6.45, 7) is 2.30. The van der Waals surface area contributed by atoms with Crippen molar-refractivity contribution >= 4 is 67.1 Å². The molecule has 54 heavy (non-hydrogen) atoms. The van der Waals surface area contributed by atoms with Crippen LogP contribution in [-0.2, 0) is 12.8 Å². The highest BCUT2D eigenvalue weighted by atomic mass is 32.1. The van der Waals surface area contributed by atoms with Crippen molar-refractivity contribution in [2.45, 2.75) is 19.8 Å². The Labute approximate surface area is 319 Å². The Kier molecular flexibility index (Phi) is 8.07. The third kappa shape index (κ3) is 5.57. The first-order chi connectivity index (χ1) is 26.6. The van der Waals surface area contributed by atoms with Gasteiger partial charge in [-0.3, -0.25) is 4.99 Å². The molecule has 2 aliphatic carbocycles. The molecule has 2 unspecified atom stereocenters. The van der Waals surface area contributed by atoms with Crippen LogP contribution in [0.25, 0.3) is 66.4 Å². The highest BCUT2D eigenvalue weighted by Gasteiger charge is 2.27. The van der Waals surface area contributed by atoms with E-state index in [-0.39, 0.29) is 5.92 Å². The fourth-order valence-corrected chi connectivity index (χ4v) is 9.82. The number of hydrogen-bond donors (Lipinski definition) is 0. The van der Waals surface area contributed by atoms with E-state index in [4.69, 9.17) is 14.4 Å². The van der Waals surface area contributed by atoms with Gasteiger partial charge in [0.25, 0.3) is 0 Å². The Morgan fingerprint density at radius 1 is 0.648 bits per heavy atom. The topological polar surface area (TPSA) is 37.9 Å². The standard InChI is InChI=1S/C50H38N2OS/c1-31-24-27-39-45(28-31)54-44-23-11-19-40(46(39)44)49(37-26-25-33-14-6-7-15-34(33)30-37)52-50(51-2)41-20-10-22-43-48(41)47-38(18-9-21-42(47)53-43)36-17-8-16-35(29-36)32-12-4-3-5-13-32/h3-27,29,31,37H,28,30H2,1-2H3/b51-50-,52-49-. The van der Waals surface area contributed by atoms with Gasteiger partial charge in [0.15, 0.2) is 5.84 Å². The second kappa shape index (κ2) is 13.4. The number of benzene rings is 6. The van der Waals surface area contributed by atoms with Crippen LogP contribution in [0.2, 0.25) is 0 Å². The van der Waals surface area contributed by atoms with Crippen LogP contribution in [0.5, 0.6) is 0 Å². The molecule has 260 valence electrons. The highest BCUT2D eigenvalue weighted by molar-refractivity contribution is 7.19. The van der Waals surface area contributed by atoms with E-state index < -0.39 is 0 Å². The molecule has 0 saturated carbocycles. The van der Waals surface area contributed by atoms with E-state index in [2.05, 4.69) is 165 Å². The van der Waals surface area contributed by atoms with E-state index in [0.29, 0.717) is 11.8 Å². The zero-order valence-electron chi connectivity index (χ0n) is 30.3. The van der Waals surface area contributed by atoms with Gasteiger partial charge in [-0.05, 0) is 82.0 Å². The number of allylic oxidation sites excluding steroid dienone is 2. The largest absolute Gasteiger partial charge is 0.456 e. The van der Waals surface area contributed by atoms with Gasteiger partial charge in [-0.15, -0.1) is 11.3 Å². The number of amidine groups is 1. The van der Waals surface area contributed by atoms with Crippen LogP contribution in [0.1, 0.15) is 39.6 Å². The molecule has 2 aliphatic rings. The second-order valence-electron chi connectivity index (χ2n) is 14.5. The van der Waals surface area contributed by atoms with E-state index in [0.717, 1.165) is 57.2 Å². The van der Waals surface area contributed by atoms with Crippen molar-refractivity contribution < 1.29 is 4.42 Å². The molecule has 0 N–H and O–H groups in total. The number of aliphatic imine (C=N–C) groups is 2. The van der Waals surface area contributed by atoms with Crippen LogP contribution >= 0.6 is 11.3 Å². The first-order valence-corrected chi connectivity index (χ1v) is 19.6. The Morgan fingerprint density at radius 3 is 2.28 bits per heavy atom. The molecule has 0 aliphatic heterocycles. The number of hydrogen-bond acceptors (Lipinski definition) is 3. The third-order valence-corrected chi connectivity index (χ3v) is 12.2. The zero-order chi connectivity index (χ0) is 36.2. The molecule has 2 atom stereocenters. The van der Waals surface area contributed by atoms with Gasteiger partial charge in [-0.2, -0.15) is 0 Å². The molecule has 6 aromatic carbocycles. The van der Waals surface area contributed by atoms with Crippen LogP contribution < -0.4 is 0 Å². The van der Waals surface area contributed by atoms with Crippen LogP contribution in [0.15, 0.2) is 160 Å². The molecule has 2 heterocycles. The molecule has 0 spiro atoms. The van der Waals surface area contributed by atoms with Crippen molar-refractivity contribution in [2.75, 3.05) is 7.05 Å². The summed E-state index contributed by atoms with van der Waals surface area (Å²) in [6.07, 6.45) is 11.3. The number of furan rings is 1. The van der Waals surface area contributed by atoms with Gasteiger partial charge in [0.2, 0.25) is 0 Å². The Morgan fingerprint density at radius 2 is 1.39 bits per heavy atom. The SMILES string of the molecule is C/N=C(\N=C(/c1cccc2sc3c(c12)C=CC(C)C3)C1C=Cc2ccccc2C1)c1cccc2oc3cccc(-c4cccc(-c5ccccc5)c4)c3c12. The molecule has 4 heteroatoms. The zero-order valence-corrected chi connectivity index (χ0v) is 31.1. The van der Waals surface area contributed by atoms with Crippen LogP contribution in [0.3, 0.4) is 0 Å². The van der Waals surface area contributed by atoms with Gasteiger partial charge in [0, 0.05) is 49.8 Å². The van der Waals surface area contributed by atoms with E-state index >= 15 is 0 Å². The molecular formula is C50H38N2OS. The van der Waals surface area contributed by atoms with E-state index in [1.807, 2.05) is 18.4 Å². The minimum atomic E-state index is 0.0703. The van der Waals surface area contributed by atoms with Gasteiger partial charge in [0.05, 0.1) is 5.71 Å². The summed E-state index contributed by atoms with van der Waals surface area (Å²) in [7, 11) is 1.87. The lowest BCUT2D eigenvalue weighted by Gasteiger charge is -2.23. The average molecular weight is 715 g/mol. The quantitative estimate of drug-likeness (QED) is 0.129. The second-order valence-corrected chi connectivity index (χ2v) is 15.6. The van der Waals surface area contributed by atoms with Crippen LogP contribution in [0.4, 0.5) is 0 Å². The molecule has 0 saturated heterocycles. The van der Waals surface area contributed by atoms with Crippen LogP contribution in [0, 0.1) is 11.8 Å². The Balaban J connectivity index is 1.18.